The summed E-state index contributed by atoms with van der Waals surface area (Å²) in [6, 6.07) is 6.85. The molecule has 1 unspecified atom stereocenters. The molecule has 112 valence electrons. The van der Waals surface area contributed by atoms with E-state index in [0.29, 0.717) is 6.04 Å². The van der Waals surface area contributed by atoms with Crippen molar-refractivity contribution in [2.24, 2.45) is 5.92 Å². The maximum atomic E-state index is 5.45. The molecule has 1 aliphatic rings. The molecule has 0 heterocycles. The highest BCUT2D eigenvalue weighted by atomic mass is 79.9. The SMILES string of the molecule is CCC(NCc1cc(Br)ccc1OC)C1CCCCC1. The topological polar surface area (TPSA) is 21.3 Å². The summed E-state index contributed by atoms with van der Waals surface area (Å²) in [5.41, 5.74) is 1.23. The number of benzene rings is 1. The number of halogens is 1. The van der Waals surface area contributed by atoms with Crippen molar-refractivity contribution >= 4 is 15.9 Å². The summed E-state index contributed by atoms with van der Waals surface area (Å²) in [4.78, 5) is 0. The first kappa shape index (κ1) is 15.8. The fourth-order valence-corrected chi connectivity index (χ4v) is 3.72. The van der Waals surface area contributed by atoms with Gasteiger partial charge >= 0.3 is 0 Å². The van der Waals surface area contributed by atoms with E-state index in [4.69, 9.17) is 4.74 Å². The van der Waals surface area contributed by atoms with Gasteiger partial charge in [-0.2, -0.15) is 0 Å². The Bertz CT molecular complexity index is 415. The lowest BCUT2D eigenvalue weighted by Gasteiger charge is -2.30. The van der Waals surface area contributed by atoms with E-state index < -0.39 is 0 Å². The van der Waals surface area contributed by atoms with Crippen LogP contribution in [0, 0.1) is 5.92 Å². The van der Waals surface area contributed by atoms with E-state index in [2.05, 4.69) is 34.2 Å². The van der Waals surface area contributed by atoms with Crippen LogP contribution < -0.4 is 10.1 Å². The summed E-state index contributed by atoms with van der Waals surface area (Å²) in [7, 11) is 1.74. The van der Waals surface area contributed by atoms with Crippen LogP contribution in [0.5, 0.6) is 5.75 Å². The molecule has 20 heavy (non-hydrogen) atoms. The zero-order chi connectivity index (χ0) is 14.4. The van der Waals surface area contributed by atoms with E-state index in [1.165, 1.54) is 44.1 Å². The summed E-state index contributed by atoms with van der Waals surface area (Å²) in [6.07, 6.45) is 8.22. The Hall–Kier alpha value is -0.540. The summed E-state index contributed by atoms with van der Waals surface area (Å²) in [6.45, 7) is 3.18. The molecule has 0 saturated heterocycles. The van der Waals surface area contributed by atoms with Gasteiger partial charge in [0.05, 0.1) is 7.11 Å². The maximum absolute atomic E-state index is 5.45. The predicted octanol–water partition coefficient (Wildman–Crippen LogP) is 4.91. The van der Waals surface area contributed by atoms with Gasteiger partial charge in [-0.25, -0.2) is 0 Å². The van der Waals surface area contributed by atoms with Crippen molar-refractivity contribution in [3.05, 3.63) is 28.2 Å². The van der Waals surface area contributed by atoms with Crippen molar-refractivity contribution in [2.75, 3.05) is 7.11 Å². The Morgan fingerprint density at radius 2 is 2.05 bits per heavy atom. The lowest BCUT2D eigenvalue weighted by molar-refractivity contribution is 0.261. The minimum absolute atomic E-state index is 0.638. The van der Waals surface area contributed by atoms with Crippen LogP contribution in [0.1, 0.15) is 51.0 Å². The molecular weight excluding hydrogens is 314 g/mol. The van der Waals surface area contributed by atoms with Crippen LogP contribution >= 0.6 is 15.9 Å². The molecule has 0 aliphatic heterocycles. The minimum atomic E-state index is 0.638. The molecule has 0 radical (unpaired) electrons. The molecular formula is C17H26BrNO. The third-order valence-corrected chi connectivity index (χ3v) is 4.95. The highest BCUT2D eigenvalue weighted by molar-refractivity contribution is 9.10. The molecule has 3 heteroatoms. The highest BCUT2D eigenvalue weighted by Crippen LogP contribution is 2.29. The van der Waals surface area contributed by atoms with Gasteiger partial charge in [0.2, 0.25) is 0 Å². The Morgan fingerprint density at radius 3 is 2.70 bits per heavy atom. The molecule has 0 amide bonds. The highest BCUT2D eigenvalue weighted by Gasteiger charge is 2.22. The van der Waals surface area contributed by atoms with E-state index in [1.807, 2.05) is 12.1 Å². The Morgan fingerprint density at radius 1 is 1.30 bits per heavy atom. The normalized spacial score (nSPS) is 17.9. The molecule has 1 atom stereocenters. The zero-order valence-corrected chi connectivity index (χ0v) is 14.2. The predicted molar refractivity (Wildman–Crippen MR) is 88.2 cm³/mol. The van der Waals surface area contributed by atoms with E-state index in [1.54, 1.807) is 7.11 Å². The van der Waals surface area contributed by atoms with Gasteiger partial charge in [0.1, 0.15) is 5.75 Å². The molecule has 1 aromatic carbocycles. The monoisotopic (exact) mass is 339 g/mol. The van der Waals surface area contributed by atoms with Crippen molar-refractivity contribution in [3.8, 4) is 5.75 Å². The molecule has 1 N–H and O–H groups in total. The van der Waals surface area contributed by atoms with Gasteiger partial charge in [-0.15, -0.1) is 0 Å². The lowest BCUT2D eigenvalue weighted by atomic mass is 9.83. The van der Waals surface area contributed by atoms with Gasteiger partial charge in [-0.1, -0.05) is 42.1 Å². The Labute approximate surface area is 131 Å². The molecule has 1 fully saturated rings. The minimum Gasteiger partial charge on any atom is -0.496 e. The molecule has 2 nitrogen and oxygen atoms in total. The number of methoxy groups -OCH3 is 1. The van der Waals surface area contributed by atoms with Crippen molar-refractivity contribution in [1.82, 2.24) is 5.32 Å². The first-order chi connectivity index (χ1) is 9.74. The number of hydrogen-bond donors (Lipinski definition) is 1. The number of nitrogens with one attached hydrogen (secondary N) is 1. The number of hydrogen-bond acceptors (Lipinski definition) is 2. The molecule has 1 aromatic rings. The Balaban J connectivity index is 1.97. The standard InChI is InChI=1S/C17H26BrNO/c1-3-16(13-7-5-4-6-8-13)19-12-14-11-15(18)9-10-17(14)20-2/h9-11,13,16,19H,3-8,12H2,1-2H3. The van der Waals surface area contributed by atoms with Gasteiger partial charge in [0.15, 0.2) is 0 Å². The second-order valence-electron chi connectivity index (χ2n) is 5.75. The zero-order valence-electron chi connectivity index (χ0n) is 12.6. The largest absolute Gasteiger partial charge is 0.496 e. The third-order valence-electron chi connectivity index (χ3n) is 4.46. The van der Waals surface area contributed by atoms with Gasteiger partial charge < -0.3 is 10.1 Å². The summed E-state index contributed by atoms with van der Waals surface area (Å²) in [5.74, 6) is 1.83. The quantitative estimate of drug-likeness (QED) is 0.795. The first-order valence-electron chi connectivity index (χ1n) is 7.80. The first-order valence-corrected chi connectivity index (χ1v) is 8.59. The second-order valence-corrected chi connectivity index (χ2v) is 6.67. The third kappa shape index (κ3) is 4.23. The van der Waals surface area contributed by atoms with E-state index in [-0.39, 0.29) is 0 Å². The fraction of sp³-hybridized carbons (Fsp3) is 0.647. The van der Waals surface area contributed by atoms with Crippen molar-refractivity contribution in [2.45, 2.75) is 58.0 Å². The molecule has 0 spiro atoms. The molecule has 0 aromatic heterocycles. The van der Waals surface area contributed by atoms with Gasteiger partial charge in [-0.05, 0) is 43.4 Å². The van der Waals surface area contributed by atoms with Gasteiger partial charge in [-0.3, -0.25) is 0 Å². The lowest BCUT2D eigenvalue weighted by Crippen LogP contribution is -2.36. The van der Waals surface area contributed by atoms with Crippen LogP contribution in [0.2, 0.25) is 0 Å². The van der Waals surface area contributed by atoms with E-state index in [9.17, 15) is 0 Å². The molecule has 1 aliphatic carbocycles. The fourth-order valence-electron chi connectivity index (χ4n) is 3.31. The van der Waals surface area contributed by atoms with Crippen LogP contribution in [0.15, 0.2) is 22.7 Å². The Kier molecular flexibility index (Phi) is 6.37. The van der Waals surface area contributed by atoms with Gasteiger partial charge in [0.25, 0.3) is 0 Å². The number of rotatable bonds is 6. The van der Waals surface area contributed by atoms with Crippen LogP contribution in [0.25, 0.3) is 0 Å². The van der Waals surface area contributed by atoms with Gasteiger partial charge in [0, 0.05) is 22.6 Å². The maximum Gasteiger partial charge on any atom is 0.123 e. The average molecular weight is 340 g/mol. The van der Waals surface area contributed by atoms with Crippen LogP contribution in [-0.4, -0.2) is 13.2 Å². The van der Waals surface area contributed by atoms with E-state index in [0.717, 1.165) is 22.7 Å². The summed E-state index contributed by atoms with van der Waals surface area (Å²) < 4.78 is 6.56. The molecule has 1 saturated carbocycles. The smallest absolute Gasteiger partial charge is 0.123 e. The van der Waals surface area contributed by atoms with Crippen LogP contribution in [-0.2, 0) is 6.54 Å². The van der Waals surface area contributed by atoms with Crippen molar-refractivity contribution in [1.29, 1.82) is 0 Å². The summed E-state index contributed by atoms with van der Waals surface area (Å²) >= 11 is 3.54. The van der Waals surface area contributed by atoms with Crippen molar-refractivity contribution < 1.29 is 4.74 Å². The molecule has 2 rings (SSSR count). The average Bonchev–Trinajstić information content (AvgIpc) is 2.49. The van der Waals surface area contributed by atoms with E-state index >= 15 is 0 Å². The van der Waals surface area contributed by atoms with Crippen LogP contribution in [0.3, 0.4) is 0 Å². The molecule has 0 bridgehead atoms. The van der Waals surface area contributed by atoms with Crippen LogP contribution in [0.4, 0.5) is 0 Å². The van der Waals surface area contributed by atoms with Crippen molar-refractivity contribution in [3.63, 3.8) is 0 Å². The number of ether oxygens (including phenoxy) is 1. The second kappa shape index (κ2) is 8.04. The summed E-state index contributed by atoms with van der Waals surface area (Å²) in [5, 5.41) is 3.76.